The largest absolute Gasteiger partial charge is 0.309 e. The molecule has 7 heteroatoms. The van der Waals surface area contributed by atoms with Gasteiger partial charge in [0.15, 0.2) is 0 Å². The van der Waals surface area contributed by atoms with Crippen LogP contribution in [0, 0.1) is 0 Å². The van der Waals surface area contributed by atoms with Crippen LogP contribution in [-0.4, -0.2) is 54.7 Å². The first-order valence-electron chi connectivity index (χ1n) is 6.38. The van der Waals surface area contributed by atoms with Gasteiger partial charge in [0.2, 0.25) is 5.91 Å². The minimum Gasteiger partial charge on any atom is -0.309 e. The Labute approximate surface area is 126 Å². The van der Waals surface area contributed by atoms with Gasteiger partial charge in [-0.05, 0) is 42.2 Å². The summed E-state index contributed by atoms with van der Waals surface area (Å²) in [5.74, 6) is 0.198. The third kappa shape index (κ3) is 3.97. The molecule has 0 aromatic carbocycles. The zero-order chi connectivity index (χ0) is 14.8. The molecule has 1 fully saturated rings. The molecule has 1 aliphatic rings. The van der Waals surface area contributed by atoms with Crippen LogP contribution < -0.4 is 10.6 Å². The van der Waals surface area contributed by atoms with E-state index in [4.69, 9.17) is 0 Å². The molecule has 110 valence electrons. The standard InChI is InChI=1S/C13H18BrFN4O/c1-19(2)8-13(15)6-9(16-7-13)12(20)18-11-5-3-4-10(14)17-11/h3-5,9,16H,6-8H2,1-2H3,(H,17,18,20)/t9-,13+/m0/s1. The Morgan fingerprint density at radius 2 is 2.40 bits per heavy atom. The number of nitrogens with one attached hydrogen (secondary N) is 2. The number of amides is 1. The molecular weight excluding hydrogens is 327 g/mol. The Morgan fingerprint density at radius 1 is 1.65 bits per heavy atom. The van der Waals surface area contributed by atoms with Crippen molar-refractivity contribution in [2.75, 3.05) is 32.5 Å². The number of hydrogen-bond donors (Lipinski definition) is 2. The predicted octanol–water partition coefficient (Wildman–Crippen LogP) is 1.41. The Kier molecular flexibility index (Phi) is 4.72. The lowest BCUT2D eigenvalue weighted by atomic mass is 10.0. The monoisotopic (exact) mass is 344 g/mol. The fourth-order valence-electron chi connectivity index (χ4n) is 2.38. The van der Waals surface area contributed by atoms with Gasteiger partial charge in [-0.25, -0.2) is 9.37 Å². The van der Waals surface area contributed by atoms with Gasteiger partial charge in [-0.2, -0.15) is 0 Å². The molecule has 1 amide bonds. The van der Waals surface area contributed by atoms with Crippen molar-refractivity contribution < 1.29 is 9.18 Å². The van der Waals surface area contributed by atoms with Crippen molar-refractivity contribution in [3.05, 3.63) is 22.8 Å². The van der Waals surface area contributed by atoms with E-state index in [-0.39, 0.29) is 18.9 Å². The molecule has 20 heavy (non-hydrogen) atoms. The van der Waals surface area contributed by atoms with E-state index in [1.165, 1.54) is 0 Å². The van der Waals surface area contributed by atoms with Gasteiger partial charge in [-0.1, -0.05) is 6.07 Å². The minimum atomic E-state index is -1.36. The number of carbonyl (C=O) groups is 1. The molecule has 0 bridgehead atoms. The van der Waals surface area contributed by atoms with Gasteiger partial charge in [0.05, 0.1) is 6.04 Å². The molecule has 0 saturated carbocycles. The van der Waals surface area contributed by atoms with E-state index in [2.05, 4.69) is 31.5 Å². The van der Waals surface area contributed by atoms with E-state index < -0.39 is 11.7 Å². The van der Waals surface area contributed by atoms with Gasteiger partial charge in [0, 0.05) is 19.5 Å². The van der Waals surface area contributed by atoms with Crippen molar-refractivity contribution in [3.8, 4) is 0 Å². The molecule has 1 aromatic rings. The van der Waals surface area contributed by atoms with Crippen LogP contribution in [0.5, 0.6) is 0 Å². The summed E-state index contributed by atoms with van der Waals surface area (Å²) in [5.41, 5.74) is -1.36. The predicted molar refractivity (Wildman–Crippen MR) is 79.4 cm³/mol. The molecule has 2 N–H and O–H groups in total. The third-order valence-corrected chi connectivity index (χ3v) is 3.56. The summed E-state index contributed by atoms with van der Waals surface area (Å²) in [4.78, 5) is 18.0. The lowest BCUT2D eigenvalue weighted by molar-refractivity contribution is -0.118. The molecule has 0 aliphatic carbocycles. The second-order valence-electron chi connectivity index (χ2n) is 5.36. The summed E-state index contributed by atoms with van der Waals surface area (Å²) >= 11 is 3.24. The van der Waals surface area contributed by atoms with E-state index in [1.54, 1.807) is 23.1 Å². The molecular formula is C13H18BrFN4O. The van der Waals surface area contributed by atoms with Gasteiger partial charge in [-0.3, -0.25) is 4.79 Å². The van der Waals surface area contributed by atoms with Crippen LogP contribution in [-0.2, 0) is 4.79 Å². The number of pyridine rings is 1. The maximum Gasteiger partial charge on any atom is 0.242 e. The van der Waals surface area contributed by atoms with Crippen LogP contribution in [0.4, 0.5) is 10.2 Å². The molecule has 1 saturated heterocycles. The molecule has 0 unspecified atom stereocenters. The van der Waals surface area contributed by atoms with E-state index in [1.807, 2.05) is 14.1 Å². The van der Waals surface area contributed by atoms with Gasteiger partial charge >= 0.3 is 0 Å². The fourth-order valence-corrected chi connectivity index (χ4v) is 2.72. The summed E-state index contributed by atoms with van der Waals surface area (Å²) in [6.45, 7) is 0.494. The summed E-state index contributed by atoms with van der Waals surface area (Å²) in [5, 5.41) is 5.63. The average Bonchev–Trinajstić information content (AvgIpc) is 2.70. The van der Waals surface area contributed by atoms with Crippen LogP contribution in [0.25, 0.3) is 0 Å². The SMILES string of the molecule is CN(C)C[C@]1(F)CN[C@H](C(=O)Nc2cccc(Br)n2)C1. The third-order valence-electron chi connectivity index (χ3n) is 3.12. The number of rotatable bonds is 4. The highest BCUT2D eigenvalue weighted by Crippen LogP contribution is 2.25. The van der Waals surface area contributed by atoms with Crippen LogP contribution in [0.15, 0.2) is 22.8 Å². The van der Waals surface area contributed by atoms with E-state index in [9.17, 15) is 9.18 Å². The molecule has 2 heterocycles. The van der Waals surface area contributed by atoms with Gasteiger partial charge < -0.3 is 15.5 Å². The molecule has 2 atom stereocenters. The maximum absolute atomic E-state index is 14.5. The van der Waals surface area contributed by atoms with Crippen molar-refractivity contribution in [2.24, 2.45) is 0 Å². The normalized spacial score (nSPS) is 25.9. The summed E-state index contributed by atoms with van der Waals surface area (Å²) in [6.07, 6.45) is 0.172. The van der Waals surface area contributed by atoms with Crippen molar-refractivity contribution in [1.29, 1.82) is 0 Å². The molecule has 1 aromatic heterocycles. The smallest absolute Gasteiger partial charge is 0.242 e. The Balaban J connectivity index is 1.95. The fraction of sp³-hybridized carbons (Fsp3) is 0.538. The van der Waals surface area contributed by atoms with Crippen molar-refractivity contribution in [1.82, 2.24) is 15.2 Å². The zero-order valence-corrected chi connectivity index (χ0v) is 13.1. The highest BCUT2D eigenvalue weighted by atomic mass is 79.9. The van der Waals surface area contributed by atoms with E-state index in [0.29, 0.717) is 17.0 Å². The van der Waals surface area contributed by atoms with E-state index in [0.717, 1.165) is 0 Å². The first-order valence-corrected chi connectivity index (χ1v) is 7.18. The van der Waals surface area contributed by atoms with Gasteiger partial charge in [0.1, 0.15) is 16.1 Å². The first-order chi connectivity index (χ1) is 9.38. The number of anilines is 1. The lowest BCUT2D eigenvalue weighted by Crippen LogP contribution is -2.37. The molecule has 0 spiro atoms. The molecule has 5 nitrogen and oxygen atoms in total. The highest BCUT2D eigenvalue weighted by molar-refractivity contribution is 9.10. The lowest BCUT2D eigenvalue weighted by Gasteiger charge is -2.22. The Bertz CT molecular complexity index is 499. The minimum absolute atomic E-state index is 0.172. The van der Waals surface area contributed by atoms with Gasteiger partial charge in [-0.15, -0.1) is 0 Å². The van der Waals surface area contributed by atoms with Crippen molar-refractivity contribution in [2.45, 2.75) is 18.1 Å². The number of alkyl halides is 1. The van der Waals surface area contributed by atoms with E-state index >= 15 is 0 Å². The van der Waals surface area contributed by atoms with Crippen LogP contribution in [0.2, 0.25) is 0 Å². The quantitative estimate of drug-likeness (QED) is 0.811. The second kappa shape index (κ2) is 6.15. The second-order valence-corrected chi connectivity index (χ2v) is 6.17. The van der Waals surface area contributed by atoms with Crippen LogP contribution in [0.1, 0.15) is 6.42 Å². The summed E-state index contributed by atoms with van der Waals surface area (Å²) in [7, 11) is 3.64. The molecule has 0 radical (unpaired) electrons. The van der Waals surface area contributed by atoms with Crippen molar-refractivity contribution in [3.63, 3.8) is 0 Å². The Morgan fingerprint density at radius 3 is 3.05 bits per heavy atom. The molecule has 1 aliphatic heterocycles. The number of halogens is 2. The van der Waals surface area contributed by atoms with Gasteiger partial charge in [0.25, 0.3) is 0 Å². The average molecular weight is 345 g/mol. The molecule has 2 rings (SSSR count). The number of nitrogens with zero attached hydrogens (tertiary/aromatic N) is 2. The first kappa shape index (κ1) is 15.3. The Hall–Kier alpha value is -1.05. The number of aromatic nitrogens is 1. The van der Waals surface area contributed by atoms with Crippen molar-refractivity contribution >= 4 is 27.7 Å². The maximum atomic E-state index is 14.5. The van der Waals surface area contributed by atoms with Crippen LogP contribution in [0.3, 0.4) is 0 Å². The number of carbonyl (C=O) groups excluding carboxylic acids is 1. The highest BCUT2D eigenvalue weighted by Gasteiger charge is 2.42. The summed E-state index contributed by atoms with van der Waals surface area (Å²) < 4.78 is 15.1. The zero-order valence-electron chi connectivity index (χ0n) is 11.5. The number of hydrogen-bond acceptors (Lipinski definition) is 4. The van der Waals surface area contributed by atoms with Crippen LogP contribution >= 0.6 is 15.9 Å². The topological polar surface area (TPSA) is 57.3 Å². The summed E-state index contributed by atoms with van der Waals surface area (Å²) in [6, 6.07) is 4.72.